The molecule has 0 aromatic carbocycles. The molecule has 2 N–H and O–H groups in total. The summed E-state index contributed by atoms with van der Waals surface area (Å²) in [5.41, 5.74) is 1.10. The van der Waals surface area contributed by atoms with Gasteiger partial charge in [0.15, 0.2) is 5.82 Å². The molecule has 0 bridgehead atoms. The van der Waals surface area contributed by atoms with E-state index in [4.69, 9.17) is 4.74 Å². The summed E-state index contributed by atoms with van der Waals surface area (Å²) in [4.78, 5) is 27.2. The number of aromatic nitrogens is 4. The third-order valence-corrected chi connectivity index (χ3v) is 2.42. The van der Waals surface area contributed by atoms with Gasteiger partial charge in [-0.3, -0.25) is 10.3 Å². The molecule has 2 rings (SSSR count). The Kier molecular flexibility index (Phi) is 5.07. The highest BCUT2D eigenvalue weighted by Crippen LogP contribution is 2.15. The van der Waals surface area contributed by atoms with Crippen molar-refractivity contribution < 1.29 is 18.3 Å². The number of nitrogens with one attached hydrogen (secondary N) is 2. The second-order valence-electron chi connectivity index (χ2n) is 3.97. The maximum Gasteiger partial charge on any atom is 0.320 e. The van der Waals surface area contributed by atoms with E-state index in [9.17, 15) is 13.6 Å². The lowest BCUT2D eigenvalue weighted by molar-refractivity contribution is 0.148. The van der Waals surface area contributed by atoms with E-state index in [0.717, 1.165) is 0 Å². The van der Waals surface area contributed by atoms with Crippen molar-refractivity contribution in [2.75, 3.05) is 19.0 Å². The highest BCUT2D eigenvalue weighted by molar-refractivity contribution is 5.88. The zero-order valence-corrected chi connectivity index (χ0v) is 11.5. The molecule has 116 valence electrons. The number of anilines is 1. The smallest absolute Gasteiger partial charge is 0.320 e. The third-order valence-electron chi connectivity index (χ3n) is 2.42. The zero-order valence-electron chi connectivity index (χ0n) is 11.5. The van der Waals surface area contributed by atoms with Gasteiger partial charge in [-0.1, -0.05) is 0 Å². The quantitative estimate of drug-likeness (QED) is 0.864. The Bertz CT molecular complexity index is 621. The van der Waals surface area contributed by atoms with Gasteiger partial charge >= 0.3 is 12.0 Å². The Morgan fingerprint density at radius 1 is 1.18 bits per heavy atom. The molecule has 0 saturated carbocycles. The molecule has 0 aliphatic carbocycles. The van der Waals surface area contributed by atoms with Crippen molar-refractivity contribution in [3.05, 3.63) is 24.8 Å². The van der Waals surface area contributed by atoms with Gasteiger partial charge in [0.2, 0.25) is 0 Å². The topological polar surface area (TPSA) is 102 Å². The molecule has 0 unspecified atom stereocenters. The van der Waals surface area contributed by atoms with Gasteiger partial charge in [-0.15, -0.1) is 0 Å². The van der Waals surface area contributed by atoms with E-state index in [1.807, 2.05) is 5.32 Å². The molecule has 0 atom stereocenters. The average Bonchev–Trinajstić information content (AvgIpc) is 2.54. The molecule has 0 saturated heterocycles. The maximum absolute atomic E-state index is 11.9. The van der Waals surface area contributed by atoms with E-state index < -0.39 is 19.0 Å². The number of ether oxygens (including phenoxy) is 1. The van der Waals surface area contributed by atoms with E-state index in [-0.39, 0.29) is 11.8 Å². The van der Waals surface area contributed by atoms with Gasteiger partial charge in [0.05, 0.1) is 31.7 Å². The minimum Gasteiger partial charge on any atom is -0.467 e. The molecular weight excluding hydrogens is 298 g/mol. The summed E-state index contributed by atoms with van der Waals surface area (Å²) in [5, 5.41) is 4.27. The molecule has 0 radical (unpaired) electrons. The molecule has 10 heteroatoms. The van der Waals surface area contributed by atoms with Crippen LogP contribution in [0.5, 0.6) is 6.01 Å². The molecule has 2 amide bonds. The van der Waals surface area contributed by atoms with Crippen LogP contribution in [0.25, 0.3) is 11.3 Å². The number of rotatable bonds is 5. The predicted molar refractivity (Wildman–Crippen MR) is 72.6 cm³/mol. The van der Waals surface area contributed by atoms with E-state index in [1.165, 1.54) is 31.9 Å². The number of carbonyl (C=O) groups is 1. The molecule has 2 aromatic heterocycles. The number of urea groups is 1. The van der Waals surface area contributed by atoms with Crippen LogP contribution in [0.3, 0.4) is 0 Å². The van der Waals surface area contributed by atoms with Crippen molar-refractivity contribution in [3.8, 4) is 17.3 Å². The van der Waals surface area contributed by atoms with E-state index in [0.29, 0.717) is 11.3 Å². The van der Waals surface area contributed by atoms with Crippen LogP contribution < -0.4 is 15.4 Å². The molecule has 2 heterocycles. The second kappa shape index (κ2) is 7.20. The summed E-state index contributed by atoms with van der Waals surface area (Å²) >= 11 is 0. The first kappa shape index (κ1) is 15.5. The molecule has 0 aliphatic rings. The number of amides is 2. The minimum atomic E-state index is -2.62. The summed E-state index contributed by atoms with van der Waals surface area (Å²) in [6.07, 6.45) is 3.10. The van der Waals surface area contributed by atoms with Gasteiger partial charge < -0.3 is 10.1 Å². The van der Waals surface area contributed by atoms with Crippen molar-refractivity contribution >= 4 is 11.8 Å². The Morgan fingerprint density at radius 3 is 2.45 bits per heavy atom. The van der Waals surface area contributed by atoms with Gasteiger partial charge in [0.25, 0.3) is 6.43 Å². The number of halogens is 2. The molecule has 0 fully saturated rings. The standard InChI is InChI=1S/C12H12F2N6O2/c1-22-12-18-2-7(3-19-12)8-4-16-10(6-15-8)20-11(21)17-5-9(13)14/h2-4,6,9H,5H2,1H3,(H2,16,17,20,21). The normalized spacial score (nSPS) is 10.4. The maximum atomic E-state index is 11.9. The lowest BCUT2D eigenvalue weighted by atomic mass is 10.2. The predicted octanol–water partition coefficient (Wildman–Crippen LogP) is 1.33. The van der Waals surface area contributed by atoms with Crippen LogP contribution in [-0.2, 0) is 0 Å². The summed E-state index contributed by atoms with van der Waals surface area (Å²) < 4.78 is 28.7. The summed E-state index contributed by atoms with van der Waals surface area (Å²) in [7, 11) is 1.45. The fourth-order valence-electron chi connectivity index (χ4n) is 1.43. The Balaban J connectivity index is 1.98. The Labute approximate surface area is 124 Å². The monoisotopic (exact) mass is 310 g/mol. The fraction of sp³-hybridized carbons (Fsp3) is 0.250. The van der Waals surface area contributed by atoms with E-state index in [2.05, 4.69) is 25.3 Å². The van der Waals surface area contributed by atoms with Gasteiger partial charge in [0.1, 0.15) is 0 Å². The van der Waals surface area contributed by atoms with Gasteiger partial charge in [0, 0.05) is 18.0 Å². The summed E-state index contributed by atoms with van der Waals surface area (Å²) in [5.74, 6) is 0.130. The minimum absolute atomic E-state index is 0.130. The van der Waals surface area contributed by atoms with Crippen LogP contribution in [0.1, 0.15) is 0 Å². The highest BCUT2D eigenvalue weighted by atomic mass is 19.3. The van der Waals surface area contributed by atoms with Crippen LogP contribution in [0, 0.1) is 0 Å². The van der Waals surface area contributed by atoms with Crippen molar-refractivity contribution in [2.45, 2.75) is 6.43 Å². The Hall–Kier alpha value is -2.91. The first-order valence-electron chi connectivity index (χ1n) is 6.10. The van der Waals surface area contributed by atoms with Crippen molar-refractivity contribution in [1.82, 2.24) is 25.3 Å². The number of carbonyl (C=O) groups excluding carboxylic acids is 1. The summed E-state index contributed by atoms with van der Waals surface area (Å²) in [6, 6.07) is -0.555. The SMILES string of the molecule is COc1ncc(-c2cnc(NC(=O)NCC(F)F)cn2)cn1. The number of alkyl halides is 2. The van der Waals surface area contributed by atoms with Gasteiger partial charge in [-0.2, -0.15) is 0 Å². The zero-order chi connectivity index (χ0) is 15.9. The molecular formula is C12H12F2N6O2. The van der Waals surface area contributed by atoms with Gasteiger partial charge in [-0.25, -0.2) is 28.5 Å². The van der Waals surface area contributed by atoms with E-state index >= 15 is 0 Å². The highest BCUT2D eigenvalue weighted by Gasteiger charge is 2.08. The lowest BCUT2D eigenvalue weighted by Crippen LogP contribution is -2.32. The first-order valence-corrected chi connectivity index (χ1v) is 6.10. The molecule has 2 aromatic rings. The number of nitrogens with zero attached hydrogens (tertiary/aromatic N) is 4. The van der Waals surface area contributed by atoms with Gasteiger partial charge in [-0.05, 0) is 0 Å². The number of hydrogen-bond acceptors (Lipinski definition) is 6. The van der Waals surface area contributed by atoms with Crippen LogP contribution >= 0.6 is 0 Å². The van der Waals surface area contributed by atoms with Crippen LogP contribution in [0.2, 0.25) is 0 Å². The molecule has 0 spiro atoms. The average molecular weight is 310 g/mol. The van der Waals surface area contributed by atoms with Crippen molar-refractivity contribution in [1.29, 1.82) is 0 Å². The van der Waals surface area contributed by atoms with Crippen LogP contribution in [-0.4, -0.2) is 46.0 Å². The summed E-state index contributed by atoms with van der Waals surface area (Å²) in [6.45, 7) is -0.736. The fourth-order valence-corrected chi connectivity index (χ4v) is 1.43. The molecule has 22 heavy (non-hydrogen) atoms. The number of methoxy groups -OCH3 is 1. The Morgan fingerprint density at radius 2 is 1.91 bits per heavy atom. The lowest BCUT2D eigenvalue weighted by Gasteiger charge is -2.06. The van der Waals surface area contributed by atoms with Crippen molar-refractivity contribution in [2.24, 2.45) is 0 Å². The van der Waals surface area contributed by atoms with Crippen LogP contribution in [0.4, 0.5) is 19.4 Å². The number of hydrogen-bond donors (Lipinski definition) is 2. The van der Waals surface area contributed by atoms with Crippen molar-refractivity contribution in [3.63, 3.8) is 0 Å². The molecule has 8 nitrogen and oxygen atoms in total. The largest absolute Gasteiger partial charge is 0.467 e. The second-order valence-corrected chi connectivity index (χ2v) is 3.97. The van der Waals surface area contributed by atoms with Crippen LogP contribution in [0.15, 0.2) is 24.8 Å². The third kappa shape index (κ3) is 4.30. The van der Waals surface area contributed by atoms with E-state index in [1.54, 1.807) is 0 Å². The molecule has 0 aliphatic heterocycles. The first-order chi connectivity index (χ1) is 10.6.